The molecule has 1 aromatic carbocycles. The van der Waals surface area contributed by atoms with Gasteiger partial charge in [-0.15, -0.1) is 0 Å². The van der Waals surface area contributed by atoms with Crippen LogP contribution in [0.25, 0.3) is 0 Å². The third-order valence-electron chi connectivity index (χ3n) is 5.23. The SMILES string of the molecule is C[C@H]1Nc2cc(Cl)nc(n2)NCCCC[C@H](C(N)=O)NC(=O)[C@@H](Cc2ccccc2)NC1=O. The van der Waals surface area contributed by atoms with E-state index in [2.05, 4.69) is 31.2 Å². The summed E-state index contributed by atoms with van der Waals surface area (Å²) >= 11 is 6.10. The van der Waals surface area contributed by atoms with Gasteiger partial charge in [-0.25, -0.2) is 4.98 Å². The molecule has 0 spiro atoms. The lowest BCUT2D eigenvalue weighted by atomic mass is 10.0. The molecule has 1 aromatic heterocycles. The highest BCUT2D eigenvalue weighted by Gasteiger charge is 2.27. The summed E-state index contributed by atoms with van der Waals surface area (Å²) in [6.07, 6.45) is 1.94. The van der Waals surface area contributed by atoms with Crippen LogP contribution in [0.15, 0.2) is 36.4 Å². The van der Waals surface area contributed by atoms with Crippen molar-refractivity contribution >= 4 is 41.1 Å². The van der Waals surface area contributed by atoms with Gasteiger partial charge in [-0.2, -0.15) is 4.98 Å². The van der Waals surface area contributed by atoms with Crippen molar-refractivity contribution in [3.05, 3.63) is 47.1 Å². The number of nitrogens with one attached hydrogen (secondary N) is 4. The molecule has 0 saturated heterocycles. The monoisotopic (exact) mass is 473 g/mol. The second kappa shape index (κ2) is 11.5. The van der Waals surface area contributed by atoms with E-state index in [4.69, 9.17) is 17.3 Å². The normalized spacial score (nSPS) is 22.3. The quantitative estimate of drug-likeness (QED) is 0.420. The molecule has 2 aromatic rings. The summed E-state index contributed by atoms with van der Waals surface area (Å²) < 4.78 is 0. The minimum absolute atomic E-state index is 0.221. The van der Waals surface area contributed by atoms with E-state index in [0.29, 0.717) is 37.6 Å². The van der Waals surface area contributed by atoms with Crippen molar-refractivity contribution in [2.45, 2.75) is 50.7 Å². The van der Waals surface area contributed by atoms with Crippen molar-refractivity contribution in [2.24, 2.45) is 5.73 Å². The molecule has 0 saturated carbocycles. The Morgan fingerprint density at radius 3 is 2.58 bits per heavy atom. The Morgan fingerprint density at radius 1 is 1.09 bits per heavy atom. The number of aromatic nitrogens is 2. The summed E-state index contributed by atoms with van der Waals surface area (Å²) in [4.78, 5) is 46.4. The second-order valence-corrected chi connectivity index (χ2v) is 8.29. The van der Waals surface area contributed by atoms with E-state index in [1.54, 1.807) is 6.92 Å². The van der Waals surface area contributed by atoms with Crippen LogP contribution in [0.3, 0.4) is 0 Å². The predicted octanol–water partition coefficient (Wildman–Crippen LogP) is 1.22. The van der Waals surface area contributed by atoms with Gasteiger partial charge >= 0.3 is 0 Å². The molecule has 0 radical (unpaired) electrons. The Kier molecular flexibility index (Phi) is 8.42. The fraction of sp³-hybridized carbons (Fsp3) is 0.409. The van der Waals surface area contributed by atoms with Crippen LogP contribution in [0.2, 0.25) is 5.15 Å². The van der Waals surface area contributed by atoms with E-state index >= 15 is 0 Å². The molecular formula is C22H28ClN7O3. The zero-order valence-electron chi connectivity index (χ0n) is 18.3. The number of nitrogens with zero attached hydrogens (tertiary/aromatic N) is 2. The topological polar surface area (TPSA) is 151 Å². The number of fused-ring (bicyclic) bond motifs is 2. The lowest BCUT2D eigenvalue weighted by Gasteiger charge is -2.24. The molecule has 0 fully saturated rings. The van der Waals surface area contributed by atoms with Gasteiger partial charge in [0.25, 0.3) is 0 Å². The van der Waals surface area contributed by atoms with E-state index < -0.39 is 35.8 Å². The summed E-state index contributed by atoms with van der Waals surface area (Å²) in [6.45, 7) is 2.18. The van der Waals surface area contributed by atoms with E-state index in [-0.39, 0.29) is 11.6 Å². The molecule has 0 unspecified atom stereocenters. The van der Waals surface area contributed by atoms with Gasteiger partial charge in [0.05, 0.1) is 0 Å². The van der Waals surface area contributed by atoms with Gasteiger partial charge in [-0.1, -0.05) is 41.9 Å². The first kappa shape index (κ1) is 24.2. The Hall–Kier alpha value is -3.40. The molecule has 2 heterocycles. The highest BCUT2D eigenvalue weighted by molar-refractivity contribution is 6.29. The first-order valence-corrected chi connectivity index (χ1v) is 11.2. The van der Waals surface area contributed by atoms with Gasteiger partial charge in [0.2, 0.25) is 23.7 Å². The number of halogens is 1. The van der Waals surface area contributed by atoms with Crippen LogP contribution in [-0.2, 0) is 20.8 Å². The number of primary amides is 1. The largest absolute Gasteiger partial charge is 0.368 e. The molecule has 11 heteroatoms. The van der Waals surface area contributed by atoms with E-state index in [1.165, 1.54) is 6.07 Å². The number of anilines is 2. The molecule has 3 rings (SSSR count). The summed E-state index contributed by atoms with van der Waals surface area (Å²) in [6, 6.07) is 8.35. The van der Waals surface area contributed by atoms with Gasteiger partial charge < -0.3 is 27.0 Å². The third kappa shape index (κ3) is 7.31. The first-order valence-electron chi connectivity index (χ1n) is 10.8. The maximum atomic E-state index is 13.1. The van der Waals surface area contributed by atoms with Gasteiger partial charge in [0.15, 0.2) is 0 Å². The van der Waals surface area contributed by atoms with E-state index in [0.717, 1.165) is 5.56 Å². The lowest BCUT2D eigenvalue weighted by Crippen LogP contribution is -2.55. The number of amides is 3. The Bertz CT molecular complexity index is 989. The van der Waals surface area contributed by atoms with Crippen LogP contribution in [0.1, 0.15) is 31.7 Å². The van der Waals surface area contributed by atoms with Gasteiger partial charge in [0, 0.05) is 19.0 Å². The fourth-order valence-electron chi connectivity index (χ4n) is 3.45. The van der Waals surface area contributed by atoms with Crippen molar-refractivity contribution in [1.29, 1.82) is 0 Å². The van der Waals surface area contributed by atoms with Crippen LogP contribution in [-0.4, -0.2) is 52.4 Å². The summed E-state index contributed by atoms with van der Waals surface area (Å²) in [5, 5.41) is 11.8. The number of rotatable bonds is 3. The Morgan fingerprint density at radius 2 is 1.85 bits per heavy atom. The van der Waals surface area contributed by atoms with Crippen molar-refractivity contribution in [3.63, 3.8) is 0 Å². The number of carbonyl (C=O) groups is 3. The van der Waals surface area contributed by atoms with Crippen LogP contribution < -0.4 is 27.0 Å². The average molecular weight is 474 g/mol. The summed E-state index contributed by atoms with van der Waals surface area (Å²) in [5.41, 5.74) is 6.38. The molecule has 3 atom stereocenters. The predicted molar refractivity (Wildman–Crippen MR) is 126 cm³/mol. The summed E-state index contributed by atoms with van der Waals surface area (Å²) in [5.74, 6) is -0.810. The van der Waals surface area contributed by atoms with Crippen LogP contribution in [0.5, 0.6) is 0 Å². The van der Waals surface area contributed by atoms with Crippen LogP contribution in [0.4, 0.5) is 11.8 Å². The van der Waals surface area contributed by atoms with Crippen LogP contribution in [0, 0.1) is 0 Å². The van der Waals surface area contributed by atoms with E-state index in [1.807, 2.05) is 30.3 Å². The zero-order chi connectivity index (χ0) is 23.8. The van der Waals surface area contributed by atoms with Crippen molar-refractivity contribution in [2.75, 3.05) is 17.2 Å². The number of hydrogen-bond acceptors (Lipinski definition) is 7. The first-order chi connectivity index (χ1) is 15.8. The standard InChI is InChI=1S/C22H28ClN7O3/c1-13-20(32)28-16(11-14-7-3-2-4-8-14)21(33)27-15(19(24)31)9-5-6-10-25-22-29-17(23)12-18(26-13)30-22/h2-4,7-8,12-13,15-16H,5-6,9-11H2,1H3,(H2,24,31)(H,27,33)(H,28,32)(H2,25,26,29,30)/t13-,15-,16-/m1/s1. The molecular weight excluding hydrogens is 446 g/mol. The second-order valence-electron chi connectivity index (χ2n) is 7.90. The minimum atomic E-state index is -0.898. The average Bonchev–Trinajstić information content (AvgIpc) is 2.77. The number of nitrogens with two attached hydrogens (primary N) is 1. The fourth-order valence-corrected chi connectivity index (χ4v) is 3.63. The van der Waals surface area contributed by atoms with E-state index in [9.17, 15) is 14.4 Å². The third-order valence-corrected chi connectivity index (χ3v) is 5.42. The van der Waals surface area contributed by atoms with Crippen molar-refractivity contribution in [3.8, 4) is 0 Å². The highest BCUT2D eigenvalue weighted by Crippen LogP contribution is 2.16. The highest BCUT2D eigenvalue weighted by atomic mass is 35.5. The Balaban J connectivity index is 1.86. The number of carbonyl (C=O) groups excluding carboxylic acids is 3. The molecule has 6 N–H and O–H groups in total. The smallest absolute Gasteiger partial charge is 0.243 e. The molecule has 3 amide bonds. The Labute approximate surface area is 197 Å². The van der Waals surface area contributed by atoms with Gasteiger partial charge in [-0.05, 0) is 31.7 Å². The maximum absolute atomic E-state index is 13.1. The molecule has 176 valence electrons. The van der Waals surface area contributed by atoms with Gasteiger partial charge in [0.1, 0.15) is 29.1 Å². The minimum Gasteiger partial charge on any atom is -0.368 e. The molecule has 10 nitrogen and oxygen atoms in total. The van der Waals surface area contributed by atoms with Crippen molar-refractivity contribution in [1.82, 2.24) is 20.6 Å². The number of benzene rings is 1. The molecule has 0 aliphatic carbocycles. The molecule has 33 heavy (non-hydrogen) atoms. The van der Waals surface area contributed by atoms with Gasteiger partial charge in [-0.3, -0.25) is 14.4 Å². The number of hydrogen-bond donors (Lipinski definition) is 5. The molecule has 1 aliphatic rings. The maximum Gasteiger partial charge on any atom is 0.243 e. The lowest BCUT2D eigenvalue weighted by molar-refractivity contribution is -0.131. The molecule has 1 aliphatic heterocycles. The van der Waals surface area contributed by atoms with Crippen molar-refractivity contribution < 1.29 is 14.4 Å². The molecule has 2 bridgehead atoms. The summed E-state index contributed by atoms with van der Waals surface area (Å²) in [7, 11) is 0. The van der Waals surface area contributed by atoms with Crippen LogP contribution >= 0.6 is 11.6 Å². The zero-order valence-corrected chi connectivity index (χ0v) is 19.1.